The van der Waals surface area contributed by atoms with E-state index in [9.17, 15) is 9.59 Å². The lowest BCUT2D eigenvalue weighted by molar-refractivity contribution is -0.130. The van der Waals surface area contributed by atoms with Gasteiger partial charge in [0.05, 0.1) is 6.42 Å². The van der Waals surface area contributed by atoms with Crippen molar-refractivity contribution in [1.29, 1.82) is 0 Å². The van der Waals surface area contributed by atoms with Crippen molar-refractivity contribution in [3.63, 3.8) is 0 Å². The number of nitrogens with zero attached hydrogens (tertiary/aromatic N) is 1. The molecule has 1 saturated carbocycles. The number of carbonyl (C=O) groups excluding carboxylic acids is 2. The molecule has 1 aromatic carbocycles. The van der Waals surface area contributed by atoms with Gasteiger partial charge in [-0.15, -0.1) is 12.4 Å². The third-order valence-corrected chi connectivity index (χ3v) is 5.97. The molecule has 0 bridgehead atoms. The minimum Gasteiger partial charge on any atom is -0.341 e. The number of halogens is 1. The van der Waals surface area contributed by atoms with Gasteiger partial charge < -0.3 is 16.0 Å². The van der Waals surface area contributed by atoms with Crippen LogP contribution in [0.5, 0.6) is 0 Å². The summed E-state index contributed by atoms with van der Waals surface area (Å²) in [6, 6.07) is 7.77. The molecule has 3 rings (SSSR count). The van der Waals surface area contributed by atoms with E-state index in [2.05, 4.69) is 5.32 Å². The number of amides is 2. The average molecular weight is 398 g/mol. The highest BCUT2D eigenvalue weighted by molar-refractivity contribution is 7.99. The lowest BCUT2D eigenvalue weighted by atomic mass is 9.85. The summed E-state index contributed by atoms with van der Waals surface area (Å²) in [6.45, 7) is 1.70. The molecule has 144 valence electrons. The quantitative estimate of drug-likeness (QED) is 0.819. The number of anilines is 1. The molecular formula is C19H28ClN3O2S. The second-order valence-corrected chi connectivity index (χ2v) is 8.20. The van der Waals surface area contributed by atoms with E-state index < -0.39 is 0 Å². The van der Waals surface area contributed by atoms with Crippen molar-refractivity contribution in [1.82, 2.24) is 4.90 Å². The maximum atomic E-state index is 12.4. The fraction of sp³-hybridized carbons (Fsp3) is 0.579. The minimum atomic E-state index is 0. The van der Waals surface area contributed by atoms with Crippen LogP contribution in [0.2, 0.25) is 0 Å². The average Bonchev–Trinajstić information content (AvgIpc) is 2.64. The smallest absolute Gasteiger partial charge is 0.227 e. The molecule has 3 N–H and O–H groups in total. The molecular weight excluding hydrogens is 370 g/mol. The van der Waals surface area contributed by atoms with Crippen molar-refractivity contribution in [2.45, 2.75) is 38.1 Å². The summed E-state index contributed by atoms with van der Waals surface area (Å²) in [4.78, 5) is 26.6. The molecule has 1 saturated heterocycles. The van der Waals surface area contributed by atoms with Crippen LogP contribution in [0, 0.1) is 5.92 Å². The van der Waals surface area contributed by atoms with Gasteiger partial charge in [0.2, 0.25) is 11.8 Å². The van der Waals surface area contributed by atoms with Gasteiger partial charge in [0, 0.05) is 42.2 Å². The topological polar surface area (TPSA) is 75.4 Å². The summed E-state index contributed by atoms with van der Waals surface area (Å²) in [5.74, 6) is 2.32. The molecule has 1 aliphatic carbocycles. The van der Waals surface area contributed by atoms with Crippen molar-refractivity contribution < 1.29 is 9.59 Å². The van der Waals surface area contributed by atoms with E-state index in [-0.39, 0.29) is 36.2 Å². The standard InChI is InChI=1S/C19H27N3O2S.ClH/c20-16-3-1-2-15(13-16)19(24)21-17-6-4-14(5-7-17)12-18(23)22-8-10-25-11-9-22;/h4-7,15-16H,1-3,8-13,20H2,(H,21,24);1H. The molecule has 2 atom stereocenters. The summed E-state index contributed by atoms with van der Waals surface area (Å²) in [7, 11) is 0. The first-order chi connectivity index (χ1) is 12.1. The summed E-state index contributed by atoms with van der Waals surface area (Å²) >= 11 is 1.90. The number of hydrogen-bond donors (Lipinski definition) is 2. The van der Waals surface area contributed by atoms with Gasteiger partial charge in [-0.25, -0.2) is 0 Å². The highest BCUT2D eigenvalue weighted by Crippen LogP contribution is 2.24. The van der Waals surface area contributed by atoms with Gasteiger partial charge in [-0.1, -0.05) is 18.6 Å². The van der Waals surface area contributed by atoms with Crippen LogP contribution in [0.1, 0.15) is 31.2 Å². The third-order valence-electron chi connectivity index (χ3n) is 5.03. The zero-order valence-electron chi connectivity index (χ0n) is 15.0. The predicted octanol–water partition coefficient (Wildman–Crippen LogP) is 2.68. The van der Waals surface area contributed by atoms with E-state index in [0.29, 0.717) is 6.42 Å². The molecule has 1 aromatic rings. The fourth-order valence-electron chi connectivity index (χ4n) is 3.52. The molecule has 2 aliphatic rings. The van der Waals surface area contributed by atoms with Crippen molar-refractivity contribution in [2.75, 3.05) is 29.9 Å². The van der Waals surface area contributed by atoms with E-state index in [1.165, 1.54) is 0 Å². The van der Waals surface area contributed by atoms with Crippen molar-refractivity contribution in [3.05, 3.63) is 29.8 Å². The largest absolute Gasteiger partial charge is 0.341 e. The Balaban J connectivity index is 0.00000243. The zero-order valence-corrected chi connectivity index (χ0v) is 16.6. The Morgan fingerprint density at radius 2 is 1.85 bits per heavy atom. The van der Waals surface area contributed by atoms with E-state index in [0.717, 1.165) is 61.5 Å². The van der Waals surface area contributed by atoms with E-state index in [1.807, 2.05) is 40.9 Å². The Kier molecular flexibility index (Phi) is 8.25. The molecule has 1 heterocycles. The zero-order chi connectivity index (χ0) is 17.6. The maximum absolute atomic E-state index is 12.4. The third kappa shape index (κ3) is 5.89. The van der Waals surface area contributed by atoms with Crippen molar-refractivity contribution in [3.8, 4) is 0 Å². The Morgan fingerprint density at radius 1 is 1.15 bits per heavy atom. The van der Waals surface area contributed by atoms with Crippen molar-refractivity contribution in [2.24, 2.45) is 11.7 Å². The van der Waals surface area contributed by atoms with Gasteiger partial charge in [0.25, 0.3) is 0 Å². The molecule has 2 amide bonds. The molecule has 7 heteroatoms. The Labute approximate surface area is 165 Å². The Morgan fingerprint density at radius 3 is 2.50 bits per heavy atom. The lowest BCUT2D eigenvalue weighted by Gasteiger charge is -2.26. The Bertz CT molecular complexity index is 605. The number of hydrogen-bond acceptors (Lipinski definition) is 4. The van der Waals surface area contributed by atoms with Crippen LogP contribution in [0.3, 0.4) is 0 Å². The number of rotatable bonds is 4. The van der Waals surface area contributed by atoms with E-state index in [1.54, 1.807) is 0 Å². The van der Waals surface area contributed by atoms with E-state index in [4.69, 9.17) is 5.73 Å². The monoisotopic (exact) mass is 397 g/mol. The number of nitrogens with one attached hydrogen (secondary N) is 1. The number of carbonyl (C=O) groups is 2. The molecule has 2 fully saturated rings. The molecule has 26 heavy (non-hydrogen) atoms. The van der Waals surface area contributed by atoms with Gasteiger partial charge in [-0.2, -0.15) is 11.8 Å². The fourth-order valence-corrected chi connectivity index (χ4v) is 4.42. The highest BCUT2D eigenvalue weighted by atomic mass is 35.5. The number of benzene rings is 1. The van der Waals surface area contributed by atoms with Gasteiger partial charge >= 0.3 is 0 Å². The molecule has 0 spiro atoms. The van der Waals surface area contributed by atoms with Crippen LogP contribution in [0.25, 0.3) is 0 Å². The molecule has 1 aliphatic heterocycles. The number of thioether (sulfide) groups is 1. The summed E-state index contributed by atoms with van der Waals surface area (Å²) in [5.41, 5.74) is 7.74. The second kappa shape index (κ2) is 10.2. The van der Waals surface area contributed by atoms with Crippen LogP contribution in [-0.2, 0) is 16.0 Å². The highest BCUT2D eigenvalue weighted by Gasteiger charge is 2.25. The SMILES string of the molecule is Cl.NC1CCCC(C(=O)Nc2ccc(CC(=O)N3CCSCC3)cc2)C1. The summed E-state index contributed by atoms with van der Waals surface area (Å²) in [6.07, 6.45) is 4.15. The first kappa shape index (κ1) is 21.1. The first-order valence-electron chi connectivity index (χ1n) is 9.13. The van der Waals surface area contributed by atoms with Crippen LogP contribution in [0.15, 0.2) is 24.3 Å². The molecule has 5 nitrogen and oxygen atoms in total. The van der Waals surface area contributed by atoms with Gasteiger partial charge in [-0.05, 0) is 37.0 Å². The summed E-state index contributed by atoms with van der Waals surface area (Å²) < 4.78 is 0. The molecule has 2 unspecified atom stereocenters. The number of nitrogens with two attached hydrogens (primary N) is 1. The van der Waals surface area contributed by atoms with Crippen LogP contribution in [0.4, 0.5) is 5.69 Å². The van der Waals surface area contributed by atoms with Gasteiger partial charge in [0.1, 0.15) is 0 Å². The van der Waals surface area contributed by atoms with Crippen LogP contribution in [-0.4, -0.2) is 47.4 Å². The van der Waals surface area contributed by atoms with Crippen LogP contribution < -0.4 is 11.1 Å². The van der Waals surface area contributed by atoms with Crippen molar-refractivity contribution >= 4 is 41.7 Å². The molecule has 0 aromatic heterocycles. The summed E-state index contributed by atoms with van der Waals surface area (Å²) in [5, 5.41) is 2.98. The van der Waals surface area contributed by atoms with E-state index >= 15 is 0 Å². The normalized spacial score (nSPS) is 23.0. The van der Waals surface area contributed by atoms with Gasteiger partial charge in [0.15, 0.2) is 0 Å². The minimum absolute atomic E-state index is 0. The predicted molar refractivity (Wildman–Crippen MR) is 110 cm³/mol. The van der Waals surface area contributed by atoms with Gasteiger partial charge in [-0.3, -0.25) is 9.59 Å². The lowest BCUT2D eigenvalue weighted by Crippen LogP contribution is -2.38. The maximum Gasteiger partial charge on any atom is 0.227 e. The van der Waals surface area contributed by atoms with Crippen LogP contribution >= 0.6 is 24.2 Å². The Hall–Kier alpha value is -1.24. The first-order valence-corrected chi connectivity index (χ1v) is 10.3. The molecule has 0 radical (unpaired) electrons. The second-order valence-electron chi connectivity index (χ2n) is 6.98.